The highest BCUT2D eigenvalue weighted by Gasteiger charge is 2.19. The number of hydrogen-bond donors (Lipinski definition) is 0. The van der Waals surface area contributed by atoms with E-state index in [4.69, 9.17) is 14.2 Å². The molecule has 0 bridgehead atoms. The minimum absolute atomic E-state index is 0.0638. The predicted molar refractivity (Wildman–Crippen MR) is 266 cm³/mol. The van der Waals surface area contributed by atoms with Crippen LogP contribution in [0.25, 0.3) is 0 Å². The second-order valence-electron chi connectivity index (χ2n) is 20.2. The van der Waals surface area contributed by atoms with Crippen LogP contribution in [0.1, 0.15) is 311 Å². The Morgan fingerprint density at radius 1 is 0.306 bits per heavy atom. The van der Waals surface area contributed by atoms with Gasteiger partial charge in [0, 0.05) is 19.3 Å². The molecule has 0 aromatic rings. The summed E-state index contributed by atoms with van der Waals surface area (Å²) in [6.07, 6.45) is 51.1. The number of hydrogen-bond acceptors (Lipinski definition) is 6. The summed E-state index contributed by atoms with van der Waals surface area (Å²) in [6, 6.07) is 0. The van der Waals surface area contributed by atoms with Crippen molar-refractivity contribution in [2.24, 2.45) is 11.8 Å². The van der Waals surface area contributed by atoms with E-state index in [0.717, 1.165) is 69.6 Å². The average Bonchev–Trinajstić information content (AvgIpc) is 3.24. The molecule has 0 rings (SSSR count). The Kier molecular flexibility index (Phi) is 47.6. The number of rotatable bonds is 50. The fraction of sp³-hybridized carbons (Fsp3) is 0.946. The molecule has 0 fully saturated rings. The Hall–Kier alpha value is -1.59. The van der Waals surface area contributed by atoms with Crippen molar-refractivity contribution in [2.75, 3.05) is 13.2 Å². The molecule has 0 saturated heterocycles. The van der Waals surface area contributed by atoms with Gasteiger partial charge in [0.25, 0.3) is 0 Å². The van der Waals surface area contributed by atoms with Crippen LogP contribution < -0.4 is 0 Å². The second-order valence-corrected chi connectivity index (χ2v) is 20.2. The van der Waals surface area contributed by atoms with Crippen molar-refractivity contribution in [1.82, 2.24) is 0 Å². The fourth-order valence-corrected chi connectivity index (χ4v) is 8.52. The number of esters is 3. The predicted octanol–water partition coefficient (Wildman–Crippen LogP) is 18.1. The van der Waals surface area contributed by atoms with Crippen LogP contribution in [0.15, 0.2) is 0 Å². The molecule has 0 aliphatic heterocycles. The molecule has 368 valence electrons. The van der Waals surface area contributed by atoms with Gasteiger partial charge in [0.05, 0.1) is 0 Å². The zero-order chi connectivity index (χ0) is 45.4. The molecule has 0 unspecified atom stereocenters. The standard InChI is InChI=1S/C56H108O6/c1-6-7-8-9-10-11-12-19-23-26-31-36-41-46-54(57)60-49-53(62-56(59)48-43-38-33-28-30-35-40-45-52(4)5)50-61-55(58)47-42-37-32-27-24-21-18-16-14-13-15-17-20-22-25-29-34-39-44-51(2)3/h51-53H,6-50H2,1-5H3/t53-/m0/s1. The van der Waals surface area contributed by atoms with Gasteiger partial charge in [-0.1, -0.05) is 272 Å². The highest BCUT2D eigenvalue weighted by molar-refractivity contribution is 5.71. The van der Waals surface area contributed by atoms with Crippen molar-refractivity contribution in [2.45, 2.75) is 317 Å². The Bertz CT molecular complexity index is 947. The molecule has 0 radical (unpaired) electrons. The second kappa shape index (κ2) is 48.9. The van der Waals surface area contributed by atoms with E-state index >= 15 is 0 Å². The maximum Gasteiger partial charge on any atom is 0.306 e. The summed E-state index contributed by atoms with van der Waals surface area (Å²) in [5, 5.41) is 0. The van der Waals surface area contributed by atoms with Gasteiger partial charge in [-0.15, -0.1) is 0 Å². The molecular formula is C56H108O6. The van der Waals surface area contributed by atoms with Crippen LogP contribution in [-0.4, -0.2) is 37.2 Å². The van der Waals surface area contributed by atoms with Gasteiger partial charge < -0.3 is 14.2 Å². The first-order valence-electron chi connectivity index (χ1n) is 27.7. The lowest BCUT2D eigenvalue weighted by Gasteiger charge is -2.18. The Morgan fingerprint density at radius 2 is 0.532 bits per heavy atom. The molecule has 0 aliphatic carbocycles. The quantitative estimate of drug-likeness (QED) is 0.0344. The van der Waals surface area contributed by atoms with Crippen LogP contribution in [0.3, 0.4) is 0 Å². The third kappa shape index (κ3) is 49.4. The van der Waals surface area contributed by atoms with Crippen LogP contribution in [0.5, 0.6) is 0 Å². The minimum Gasteiger partial charge on any atom is -0.462 e. The highest BCUT2D eigenvalue weighted by atomic mass is 16.6. The fourth-order valence-electron chi connectivity index (χ4n) is 8.52. The molecule has 0 saturated carbocycles. The molecule has 0 amide bonds. The average molecular weight is 877 g/mol. The highest BCUT2D eigenvalue weighted by Crippen LogP contribution is 2.18. The summed E-state index contributed by atoms with van der Waals surface area (Å²) < 4.78 is 16.8. The first-order valence-corrected chi connectivity index (χ1v) is 27.7. The Labute approximate surface area is 387 Å². The van der Waals surface area contributed by atoms with E-state index in [-0.39, 0.29) is 31.1 Å². The molecule has 6 heteroatoms. The van der Waals surface area contributed by atoms with Crippen molar-refractivity contribution in [1.29, 1.82) is 0 Å². The third-order valence-corrected chi connectivity index (χ3v) is 12.7. The monoisotopic (exact) mass is 877 g/mol. The maximum absolute atomic E-state index is 12.8. The number of ether oxygens (including phenoxy) is 3. The van der Waals surface area contributed by atoms with E-state index in [9.17, 15) is 14.4 Å². The largest absolute Gasteiger partial charge is 0.462 e. The molecule has 0 aliphatic rings. The van der Waals surface area contributed by atoms with Gasteiger partial charge in [-0.2, -0.15) is 0 Å². The lowest BCUT2D eigenvalue weighted by Crippen LogP contribution is -2.30. The zero-order valence-electron chi connectivity index (χ0n) is 42.5. The van der Waals surface area contributed by atoms with Crippen molar-refractivity contribution in [3.05, 3.63) is 0 Å². The van der Waals surface area contributed by atoms with Gasteiger partial charge in [-0.05, 0) is 31.1 Å². The molecule has 0 aromatic carbocycles. The Balaban J connectivity index is 4.18. The van der Waals surface area contributed by atoms with E-state index in [0.29, 0.717) is 19.3 Å². The topological polar surface area (TPSA) is 78.9 Å². The minimum atomic E-state index is -0.762. The van der Waals surface area contributed by atoms with E-state index in [1.54, 1.807) is 0 Å². The van der Waals surface area contributed by atoms with Gasteiger partial charge in [0.1, 0.15) is 13.2 Å². The first-order chi connectivity index (χ1) is 30.2. The summed E-state index contributed by atoms with van der Waals surface area (Å²) in [5.74, 6) is 0.790. The van der Waals surface area contributed by atoms with Crippen LogP contribution in [0.4, 0.5) is 0 Å². The lowest BCUT2D eigenvalue weighted by atomic mass is 10.0. The van der Waals surface area contributed by atoms with E-state index in [1.807, 2.05) is 0 Å². The molecule has 0 spiro atoms. The number of unbranched alkanes of at least 4 members (excludes halogenated alkanes) is 35. The van der Waals surface area contributed by atoms with Crippen LogP contribution >= 0.6 is 0 Å². The number of carbonyl (C=O) groups excluding carboxylic acids is 3. The molecule has 0 aromatic heterocycles. The normalized spacial score (nSPS) is 12.0. The van der Waals surface area contributed by atoms with Gasteiger partial charge in [0.2, 0.25) is 0 Å². The van der Waals surface area contributed by atoms with Gasteiger partial charge in [-0.3, -0.25) is 14.4 Å². The summed E-state index contributed by atoms with van der Waals surface area (Å²) >= 11 is 0. The van der Waals surface area contributed by atoms with Gasteiger partial charge in [0.15, 0.2) is 6.10 Å². The number of carbonyl (C=O) groups is 3. The molecule has 0 N–H and O–H groups in total. The Morgan fingerprint density at radius 3 is 0.790 bits per heavy atom. The van der Waals surface area contributed by atoms with Crippen molar-refractivity contribution >= 4 is 17.9 Å². The summed E-state index contributed by atoms with van der Waals surface area (Å²) in [4.78, 5) is 38.0. The third-order valence-electron chi connectivity index (χ3n) is 12.7. The maximum atomic E-state index is 12.8. The van der Waals surface area contributed by atoms with E-state index in [1.165, 1.54) is 199 Å². The molecule has 0 heterocycles. The summed E-state index contributed by atoms with van der Waals surface area (Å²) in [5.41, 5.74) is 0. The SMILES string of the molecule is CCCCCCCCCCCCCCCC(=O)OC[C@@H](COC(=O)CCCCCCCCCCCCCCCCCCCCC(C)C)OC(=O)CCCCCCCCCC(C)C. The van der Waals surface area contributed by atoms with Crippen molar-refractivity contribution < 1.29 is 28.6 Å². The van der Waals surface area contributed by atoms with Crippen LogP contribution in [-0.2, 0) is 28.6 Å². The van der Waals surface area contributed by atoms with Crippen molar-refractivity contribution in [3.8, 4) is 0 Å². The molecule has 6 nitrogen and oxygen atoms in total. The van der Waals surface area contributed by atoms with Crippen LogP contribution in [0.2, 0.25) is 0 Å². The first kappa shape index (κ1) is 60.4. The summed E-state index contributed by atoms with van der Waals surface area (Å²) in [7, 11) is 0. The van der Waals surface area contributed by atoms with Crippen LogP contribution in [0, 0.1) is 11.8 Å². The van der Waals surface area contributed by atoms with E-state index < -0.39 is 6.10 Å². The lowest BCUT2D eigenvalue weighted by molar-refractivity contribution is -0.167. The van der Waals surface area contributed by atoms with E-state index in [2.05, 4.69) is 34.6 Å². The zero-order valence-corrected chi connectivity index (χ0v) is 42.5. The molecular weight excluding hydrogens is 769 g/mol. The molecule has 1 atom stereocenters. The van der Waals surface area contributed by atoms with Gasteiger partial charge >= 0.3 is 17.9 Å². The van der Waals surface area contributed by atoms with Gasteiger partial charge in [-0.25, -0.2) is 0 Å². The smallest absolute Gasteiger partial charge is 0.306 e. The summed E-state index contributed by atoms with van der Waals surface area (Å²) in [6.45, 7) is 11.4. The van der Waals surface area contributed by atoms with Crippen molar-refractivity contribution in [3.63, 3.8) is 0 Å². The molecule has 62 heavy (non-hydrogen) atoms.